The molecule has 0 saturated carbocycles. The molecule has 0 heterocycles. The average molecular weight is 851 g/mol. The molecule has 13 heteroatoms. The van der Waals surface area contributed by atoms with E-state index >= 15 is 0 Å². The second-order valence-electron chi connectivity index (χ2n) is 14.0. The Bertz CT molecular complexity index is 1810. The molecule has 0 radical (unpaired) electrons. The van der Waals surface area contributed by atoms with Gasteiger partial charge in [-0.05, 0) is 98.0 Å². The van der Waals surface area contributed by atoms with E-state index in [0.29, 0.717) is 35.0 Å². The Morgan fingerprint density at radius 3 is 1.35 bits per heavy atom. The Morgan fingerprint density at radius 2 is 0.912 bits per heavy atom. The summed E-state index contributed by atoms with van der Waals surface area (Å²) in [6.45, 7) is 4.43. The number of hydrogen-bond acceptors (Lipinski definition) is 9. The fraction of sp³-hybridized carbons (Fsp3) is 0.455. The van der Waals surface area contributed by atoms with Gasteiger partial charge in [-0.15, -0.1) is 5.75 Å². The molecule has 0 spiro atoms. The molecule has 0 aliphatic carbocycles. The van der Waals surface area contributed by atoms with Crippen LogP contribution in [0.25, 0.3) is 0 Å². The van der Waals surface area contributed by atoms with Gasteiger partial charge >= 0.3 is 37.7 Å². The van der Waals surface area contributed by atoms with Crippen molar-refractivity contribution in [3.05, 3.63) is 96.1 Å². The number of unbranched alkanes of at least 4 members (excludes halogenated alkanes) is 14. The van der Waals surface area contributed by atoms with E-state index in [4.69, 9.17) is 14.0 Å². The number of benzene rings is 4. The van der Waals surface area contributed by atoms with Crippen LogP contribution >= 0.6 is 0 Å². The normalized spacial score (nSPS) is 11.3. The quantitative estimate of drug-likeness (QED) is 0.0392. The first-order valence-corrected chi connectivity index (χ1v) is 22.8. The van der Waals surface area contributed by atoms with E-state index in [-0.39, 0.29) is 59.0 Å². The number of hydrogen-bond donors (Lipinski definition) is 2. The molecule has 10 nitrogen and oxygen atoms in total. The summed E-state index contributed by atoms with van der Waals surface area (Å²) in [5.41, 5.74) is 1.39. The zero-order chi connectivity index (χ0) is 40.8. The molecule has 57 heavy (non-hydrogen) atoms. The molecule has 0 aromatic heterocycles. The molecule has 0 saturated heterocycles. The summed E-state index contributed by atoms with van der Waals surface area (Å²) in [6.07, 6.45) is 20.6. The van der Waals surface area contributed by atoms with Crippen molar-refractivity contribution in [2.45, 2.75) is 139 Å². The van der Waals surface area contributed by atoms with Crippen LogP contribution in [0, 0.1) is 0 Å². The summed E-state index contributed by atoms with van der Waals surface area (Å²) in [7, 11) is -8.72. The van der Waals surface area contributed by atoms with Crippen LogP contribution in [-0.4, -0.2) is 68.8 Å². The number of ether oxygens (including phenoxy) is 2. The van der Waals surface area contributed by atoms with E-state index in [1.807, 2.05) is 0 Å². The van der Waals surface area contributed by atoms with Crippen molar-refractivity contribution < 1.29 is 45.6 Å². The number of rotatable bonds is 24. The molecule has 4 aromatic carbocycles. The first kappa shape index (κ1) is 50.3. The average Bonchev–Trinajstić information content (AvgIpc) is 3.15. The summed E-state index contributed by atoms with van der Waals surface area (Å²) in [6, 6.07) is 20.8. The number of phenols is 1. The smallest absolute Gasteiger partial charge is 0.872 e. The van der Waals surface area contributed by atoms with Crippen LogP contribution in [0.1, 0.15) is 128 Å². The zero-order valence-corrected chi connectivity index (χ0v) is 37.3. The summed E-state index contributed by atoms with van der Waals surface area (Å²) >= 11 is 0. The Morgan fingerprint density at radius 1 is 0.526 bits per heavy atom. The Balaban J connectivity index is 0.000000387. The van der Waals surface area contributed by atoms with E-state index in [1.54, 1.807) is 30.3 Å². The molecule has 0 amide bonds. The van der Waals surface area contributed by atoms with Gasteiger partial charge < -0.3 is 24.2 Å². The summed E-state index contributed by atoms with van der Waals surface area (Å²) in [5.74, 6) is 2.01. The zero-order valence-electron chi connectivity index (χ0n) is 33.5. The second kappa shape index (κ2) is 27.0. The number of aromatic hydroxyl groups is 1. The van der Waals surface area contributed by atoms with Gasteiger partial charge in [-0.3, -0.25) is 4.55 Å². The predicted octanol–water partition coefficient (Wildman–Crippen LogP) is 10.9. The van der Waals surface area contributed by atoms with Crippen LogP contribution in [-0.2, 0) is 33.1 Å². The van der Waals surface area contributed by atoms with Crippen LogP contribution in [0.15, 0.2) is 94.7 Å². The molecule has 0 bridgehead atoms. The monoisotopic (exact) mass is 850 g/mol. The maximum absolute atomic E-state index is 12.3. The van der Waals surface area contributed by atoms with Crippen LogP contribution in [0.3, 0.4) is 0 Å². The van der Waals surface area contributed by atoms with Gasteiger partial charge in [-0.1, -0.05) is 122 Å². The molecular formula is C44H58CaO10S2. The molecule has 0 atom stereocenters. The molecule has 4 rings (SSSR count). The van der Waals surface area contributed by atoms with Crippen molar-refractivity contribution in [2.75, 3.05) is 0 Å². The minimum atomic E-state index is -4.49. The molecule has 2 N–H and O–H groups in total. The SMILES string of the molecule is CCCCCCCCCCc1c(O)cccc1Oc1ccc(S(=O)(=O)O)cc1.CCCCCCCCCCc1c([O-])cccc1Oc1ccc(S(=O)(=O)[O-])cc1.[Ca+2]. The summed E-state index contributed by atoms with van der Waals surface area (Å²) in [4.78, 5) is -0.494. The molecular weight excluding hydrogens is 793 g/mol. The van der Waals surface area contributed by atoms with Gasteiger partial charge in [0.15, 0.2) is 0 Å². The van der Waals surface area contributed by atoms with Gasteiger partial charge in [0.25, 0.3) is 10.1 Å². The third-order valence-electron chi connectivity index (χ3n) is 9.45. The Kier molecular flexibility index (Phi) is 23.8. The topological polar surface area (TPSA) is 173 Å². The molecule has 0 aliphatic rings. The van der Waals surface area contributed by atoms with Crippen molar-refractivity contribution >= 4 is 58.0 Å². The van der Waals surface area contributed by atoms with E-state index in [1.165, 1.54) is 132 Å². The van der Waals surface area contributed by atoms with Crippen molar-refractivity contribution in [3.8, 4) is 34.5 Å². The summed E-state index contributed by atoms with van der Waals surface area (Å²) in [5, 5.41) is 22.5. The van der Waals surface area contributed by atoms with E-state index in [9.17, 15) is 31.6 Å². The van der Waals surface area contributed by atoms with Gasteiger partial charge in [-0.25, -0.2) is 8.42 Å². The van der Waals surface area contributed by atoms with Gasteiger partial charge in [0.1, 0.15) is 38.9 Å². The second-order valence-corrected chi connectivity index (χ2v) is 16.8. The number of phenolic OH excluding ortho intramolecular Hbond substituents is 1. The summed E-state index contributed by atoms with van der Waals surface area (Å²) < 4.78 is 76.0. The molecule has 0 aliphatic heterocycles. The van der Waals surface area contributed by atoms with Gasteiger partial charge in [0.2, 0.25) is 0 Å². The van der Waals surface area contributed by atoms with Gasteiger partial charge in [0.05, 0.1) is 9.79 Å². The third kappa shape index (κ3) is 19.2. The van der Waals surface area contributed by atoms with Crippen LogP contribution in [0.2, 0.25) is 0 Å². The van der Waals surface area contributed by atoms with Crippen molar-refractivity contribution in [3.63, 3.8) is 0 Å². The van der Waals surface area contributed by atoms with Gasteiger partial charge in [-0.2, -0.15) is 8.42 Å². The Labute approximate surface area is 370 Å². The van der Waals surface area contributed by atoms with Crippen molar-refractivity contribution in [1.82, 2.24) is 0 Å². The standard InChI is InChI=1S/2C22H30O5S.Ca/c2*1-2-3-4-5-6-7-8-9-11-20-21(23)12-10-13-22(20)27-18-14-16-19(17-15-18)28(24,25)26;/h2*10,12-17,23H,2-9,11H2,1H3,(H,24,25,26);/q;;+2/p-2. The minimum absolute atomic E-state index is 0. The van der Waals surface area contributed by atoms with Crippen molar-refractivity contribution in [2.24, 2.45) is 0 Å². The molecule has 0 fully saturated rings. The van der Waals surface area contributed by atoms with Crippen molar-refractivity contribution in [1.29, 1.82) is 0 Å². The van der Waals surface area contributed by atoms with Gasteiger partial charge in [0, 0.05) is 5.56 Å². The fourth-order valence-corrected chi connectivity index (χ4v) is 7.22. The molecule has 308 valence electrons. The maximum atomic E-state index is 12.3. The fourth-order valence-electron chi connectivity index (χ4n) is 6.27. The third-order valence-corrected chi connectivity index (χ3v) is 11.2. The van der Waals surface area contributed by atoms with E-state index in [0.717, 1.165) is 37.7 Å². The molecule has 0 unspecified atom stereocenters. The predicted molar refractivity (Wildman–Crippen MR) is 223 cm³/mol. The first-order chi connectivity index (χ1) is 26.8. The van der Waals surface area contributed by atoms with Crippen LogP contribution in [0.5, 0.6) is 34.5 Å². The van der Waals surface area contributed by atoms with E-state index in [2.05, 4.69) is 13.8 Å². The largest absolute Gasteiger partial charge is 2.00 e. The van der Waals surface area contributed by atoms with Crippen LogP contribution < -0.4 is 14.6 Å². The first-order valence-electron chi connectivity index (χ1n) is 19.9. The van der Waals surface area contributed by atoms with E-state index < -0.39 is 20.2 Å². The molecule has 4 aromatic rings. The van der Waals surface area contributed by atoms with Crippen LogP contribution in [0.4, 0.5) is 0 Å². The Hall–Kier alpha value is -2.84. The maximum Gasteiger partial charge on any atom is 2.00 e. The minimum Gasteiger partial charge on any atom is -0.872 e.